The van der Waals surface area contributed by atoms with Crippen molar-refractivity contribution in [3.63, 3.8) is 0 Å². The van der Waals surface area contributed by atoms with E-state index in [1.54, 1.807) is 4.40 Å². The van der Waals surface area contributed by atoms with Gasteiger partial charge in [-0.05, 0) is 81.8 Å². The van der Waals surface area contributed by atoms with Crippen LogP contribution in [0.5, 0.6) is 0 Å². The SMILES string of the molecule is CCN(CC)CCN1C(=O)c2ccc3c4ccc5c(=O)n6c7ccccc7nc6c6ccc(c7ccc(c2c37)C1=O)c4c56. The van der Waals surface area contributed by atoms with Crippen LogP contribution in [0.1, 0.15) is 34.6 Å². The molecule has 0 spiro atoms. The van der Waals surface area contributed by atoms with Gasteiger partial charge in [-0.1, -0.05) is 50.2 Å². The lowest BCUT2D eigenvalue weighted by Gasteiger charge is -2.30. The van der Waals surface area contributed by atoms with E-state index >= 15 is 0 Å². The molecule has 0 unspecified atom stereocenters. The number of para-hydroxylation sites is 2. The minimum Gasteiger partial charge on any atom is -0.302 e. The van der Waals surface area contributed by atoms with Crippen LogP contribution in [-0.2, 0) is 0 Å². The summed E-state index contributed by atoms with van der Waals surface area (Å²) in [6.45, 7) is 6.90. The Morgan fingerprint density at radius 3 is 1.81 bits per heavy atom. The highest BCUT2D eigenvalue weighted by Crippen LogP contribution is 2.45. The first-order valence-corrected chi connectivity index (χ1v) is 14.8. The summed E-state index contributed by atoms with van der Waals surface area (Å²) < 4.78 is 1.72. The van der Waals surface area contributed by atoms with Crippen LogP contribution in [-0.4, -0.2) is 57.2 Å². The van der Waals surface area contributed by atoms with Crippen molar-refractivity contribution in [1.29, 1.82) is 0 Å². The number of likely N-dealkylation sites (N-methyl/N-ethyl adjacent to an activating group) is 1. The van der Waals surface area contributed by atoms with Gasteiger partial charge in [0.05, 0.1) is 11.0 Å². The molecule has 0 saturated heterocycles. The minimum atomic E-state index is -0.242. The van der Waals surface area contributed by atoms with Crippen molar-refractivity contribution >= 4 is 82.4 Å². The molecule has 1 aliphatic rings. The highest BCUT2D eigenvalue weighted by atomic mass is 16.2. The van der Waals surface area contributed by atoms with Gasteiger partial charge >= 0.3 is 0 Å². The molecule has 3 heterocycles. The summed E-state index contributed by atoms with van der Waals surface area (Å²) in [5.74, 6) is -0.484. The van der Waals surface area contributed by atoms with Crippen LogP contribution in [0.3, 0.4) is 0 Å². The molecule has 0 radical (unpaired) electrons. The largest absolute Gasteiger partial charge is 0.302 e. The number of carbonyl (C=O) groups is 2. The zero-order chi connectivity index (χ0) is 29.1. The fourth-order valence-electron chi connectivity index (χ4n) is 7.51. The number of nitrogens with zero attached hydrogens (tertiary/aromatic N) is 4. The smallest absolute Gasteiger partial charge is 0.264 e. The third-order valence-corrected chi connectivity index (χ3v) is 9.62. The van der Waals surface area contributed by atoms with E-state index in [9.17, 15) is 14.4 Å². The summed E-state index contributed by atoms with van der Waals surface area (Å²) in [4.78, 5) is 50.0. The maximum Gasteiger partial charge on any atom is 0.264 e. The van der Waals surface area contributed by atoms with Crippen molar-refractivity contribution in [3.8, 4) is 0 Å². The highest BCUT2D eigenvalue weighted by Gasteiger charge is 2.34. The summed E-state index contributed by atoms with van der Waals surface area (Å²) in [5, 5.41) is 9.05. The zero-order valence-corrected chi connectivity index (χ0v) is 23.8. The highest BCUT2D eigenvalue weighted by molar-refractivity contribution is 6.41. The third-order valence-electron chi connectivity index (χ3n) is 9.62. The van der Waals surface area contributed by atoms with Crippen LogP contribution >= 0.6 is 0 Å². The van der Waals surface area contributed by atoms with Crippen molar-refractivity contribution in [2.45, 2.75) is 13.8 Å². The number of imide groups is 1. The van der Waals surface area contributed by atoms with E-state index in [1.807, 2.05) is 60.7 Å². The van der Waals surface area contributed by atoms with Crippen molar-refractivity contribution in [2.24, 2.45) is 0 Å². The summed E-state index contributed by atoms with van der Waals surface area (Å²) in [7, 11) is 0. The number of rotatable bonds is 5. The molecule has 8 aromatic rings. The van der Waals surface area contributed by atoms with Crippen LogP contribution in [0.15, 0.2) is 77.6 Å². The Labute approximate surface area is 245 Å². The van der Waals surface area contributed by atoms with E-state index in [-0.39, 0.29) is 17.4 Å². The minimum absolute atomic E-state index is 0.0862. The zero-order valence-electron chi connectivity index (χ0n) is 23.8. The molecule has 7 heteroatoms. The van der Waals surface area contributed by atoms with Gasteiger partial charge in [0.25, 0.3) is 17.4 Å². The molecule has 2 aromatic heterocycles. The average molecular weight is 563 g/mol. The molecule has 0 aliphatic carbocycles. The average Bonchev–Trinajstić information content (AvgIpc) is 3.43. The predicted molar refractivity (Wildman–Crippen MR) is 172 cm³/mol. The van der Waals surface area contributed by atoms with Crippen molar-refractivity contribution < 1.29 is 9.59 Å². The van der Waals surface area contributed by atoms with Gasteiger partial charge in [-0.25, -0.2) is 4.98 Å². The fraction of sp³-hybridized carbons (Fsp3) is 0.167. The van der Waals surface area contributed by atoms with Crippen molar-refractivity contribution in [2.75, 3.05) is 26.2 Å². The second-order valence-electron chi connectivity index (χ2n) is 11.5. The molecule has 208 valence electrons. The van der Waals surface area contributed by atoms with Crippen molar-refractivity contribution in [1.82, 2.24) is 19.2 Å². The fourth-order valence-corrected chi connectivity index (χ4v) is 7.51. The molecule has 6 aromatic carbocycles. The Kier molecular flexibility index (Phi) is 4.81. The molecular formula is C36H26N4O3. The van der Waals surface area contributed by atoms with Gasteiger partial charge in [0.15, 0.2) is 0 Å². The predicted octanol–water partition coefficient (Wildman–Crippen LogP) is 6.43. The molecule has 7 nitrogen and oxygen atoms in total. The monoisotopic (exact) mass is 562 g/mol. The third kappa shape index (κ3) is 2.97. The molecule has 0 N–H and O–H groups in total. The first-order valence-electron chi connectivity index (χ1n) is 14.8. The van der Waals surface area contributed by atoms with Gasteiger partial charge < -0.3 is 4.90 Å². The number of benzene rings is 6. The number of pyridine rings is 1. The number of fused-ring (bicyclic) bond motifs is 6. The molecule has 9 rings (SSSR count). The Morgan fingerprint density at radius 2 is 1.16 bits per heavy atom. The molecule has 43 heavy (non-hydrogen) atoms. The lowest BCUT2D eigenvalue weighted by molar-refractivity contribution is 0.0594. The summed E-state index contributed by atoms with van der Waals surface area (Å²) in [6, 6.07) is 23.6. The Bertz CT molecular complexity index is 2490. The molecular weight excluding hydrogens is 536 g/mol. The van der Waals surface area contributed by atoms with Gasteiger partial charge in [0.1, 0.15) is 5.65 Å². The van der Waals surface area contributed by atoms with E-state index in [2.05, 4.69) is 30.9 Å². The maximum atomic E-state index is 13.9. The van der Waals surface area contributed by atoms with E-state index in [0.29, 0.717) is 35.2 Å². The lowest BCUT2D eigenvalue weighted by atomic mass is 9.84. The van der Waals surface area contributed by atoms with E-state index in [4.69, 9.17) is 4.98 Å². The number of imidazole rings is 1. The normalized spacial score (nSPS) is 14.1. The molecule has 1 aliphatic heterocycles. The Morgan fingerprint density at radius 1 is 0.628 bits per heavy atom. The maximum absolute atomic E-state index is 13.9. The first kappa shape index (κ1) is 24.5. The lowest BCUT2D eigenvalue weighted by Crippen LogP contribution is -2.44. The second kappa shape index (κ2) is 8.46. The molecule has 0 fully saturated rings. The van der Waals surface area contributed by atoms with Crippen LogP contribution in [0, 0.1) is 0 Å². The number of hydrogen-bond acceptors (Lipinski definition) is 5. The van der Waals surface area contributed by atoms with Gasteiger partial charge in [-0.15, -0.1) is 0 Å². The Balaban J connectivity index is 1.36. The van der Waals surface area contributed by atoms with Gasteiger partial charge in [0, 0.05) is 45.8 Å². The number of hydrogen-bond donors (Lipinski definition) is 0. The summed E-state index contributed by atoms with van der Waals surface area (Å²) >= 11 is 0. The van der Waals surface area contributed by atoms with E-state index in [0.717, 1.165) is 72.6 Å². The quantitative estimate of drug-likeness (QED) is 0.137. The van der Waals surface area contributed by atoms with E-state index in [1.165, 1.54) is 4.90 Å². The van der Waals surface area contributed by atoms with Crippen molar-refractivity contribution in [3.05, 3.63) is 94.3 Å². The van der Waals surface area contributed by atoms with Crippen LogP contribution in [0.2, 0.25) is 0 Å². The second-order valence-corrected chi connectivity index (χ2v) is 11.5. The molecule has 0 saturated carbocycles. The number of amides is 2. The van der Waals surface area contributed by atoms with Crippen LogP contribution < -0.4 is 5.56 Å². The summed E-state index contributed by atoms with van der Waals surface area (Å²) in [6.07, 6.45) is 0. The molecule has 0 bridgehead atoms. The van der Waals surface area contributed by atoms with Crippen LogP contribution in [0.4, 0.5) is 0 Å². The summed E-state index contributed by atoms with van der Waals surface area (Å²) in [5.41, 5.74) is 3.27. The molecule has 0 atom stereocenters. The van der Waals surface area contributed by atoms with Gasteiger partial charge in [-0.2, -0.15) is 0 Å². The first-order chi connectivity index (χ1) is 21.0. The number of carbonyl (C=O) groups excluding carboxylic acids is 2. The number of aromatic nitrogens is 2. The van der Waals surface area contributed by atoms with Gasteiger partial charge in [0.2, 0.25) is 0 Å². The topological polar surface area (TPSA) is 75.0 Å². The van der Waals surface area contributed by atoms with Gasteiger partial charge in [-0.3, -0.25) is 23.7 Å². The molecule has 2 amide bonds. The Hall–Kier alpha value is -5.14. The standard InChI is InChI=1S/C36H26N4O3/c1-3-38(4-2)17-18-39-34(41)24-14-10-21-19-9-13-23-31-26(36(43)40-28-8-6-5-7-27(28)37-33(23)40)16-12-20(29(19)31)22-11-15-25(35(39)42)32(24)30(21)22/h5-16H,3-4,17-18H2,1-2H3. The van der Waals surface area contributed by atoms with Crippen LogP contribution in [0.25, 0.3) is 70.5 Å². The van der Waals surface area contributed by atoms with E-state index < -0.39 is 0 Å².